The summed E-state index contributed by atoms with van der Waals surface area (Å²) in [6.07, 6.45) is -1.65. The third kappa shape index (κ3) is 6.51. The standard InChI is InChI=1S/C18H22N6O8/c19-17(20)21-10-4-7-13(16(27)32-23-14(25)8-9-15(23)26)22(24(29)30)18(28)31-11-12-5-2-1-3-6-12/h1-3,5-6,8-9,13,25-26H,4,7,10-11H2,(H4,19,20,21)/t13-/m0/s1. The number of carbonyl (C=O) groups excluding carboxylic acids is 2. The largest absolute Gasteiger partial charge is 0.492 e. The first-order chi connectivity index (χ1) is 15.2. The number of rotatable bonds is 10. The van der Waals surface area contributed by atoms with Gasteiger partial charge in [0.05, 0.1) is 0 Å². The van der Waals surface area contributed by atoms with E-state index in [0.29, 0.717) is 10.3 Å². The number of hydrogen-bond acceptors (Lipinski definition) is 9. The maximum atomic E-state index is 12.7. The van der Waals surface area contributed by atoms with Gasteiger partial charge in [-0.25, -0.2) is 19.7 Å². The number of ether oxygens (including phenoxy) is 1. The fraction of sp³-hybridized carbons (Fsp3) is 0.278. The Hall–Kier alpha value is -4.49. The van der Waals surface area contributed by atoms with Gasteiger partial charge in [-0.1, -0.05) is 30.3 Å². The van der Waals surface area contributed by atoms with Crippen LogP contribution in [0.15, 0.2) is 47.5 Å². The molecule has 0 saturated carbocycles. The van der Waals surface area contributed by atoms with Crippen molar-refractivity contribution in [3.8, 4) is 11.8 Å². The summed E-state index contributed by atoms with van der Waals surface area (Å²) < 4.78 is 5.32. The van der Waals surface area contributed by atoms with Crippen LogP contribution in [0.4, 0.5) is 4.79 Å². The minimum absolute atomic E-state index is 0.0107. The molecule has 1 heterocycles. The Labute approximate surface area is 181 Å². The summed E-state index contributed by atoms with van der Waals surface area (Å²) in [4.78, 5) is 45.3. The normalized spacial score (nSPS) is 11.2. The molecule has 14 nitrogen and oxygen atoms in total. The van der Waals surface area contributed by atoms with Crippen molar-refractivity contribution in [3.05, 3.63) is 58.1 Å². The average Bonchev–Trinajstić information content (AvgIpc) is 3.06. The number of nitrogens with two attached hydrogens (primary N) is 2. The van der Waals surface area contributed by atoms with E-state index < -0.39 is 34.9 Å². The van der Waals surface area contributed by atoms with Crippen molar-refractivity contribution in [2.45, 2.75) is 25.5 Å². The number of aromatic nitrogens is 1. The summed E-state index contributed by atoms with van der Waals surface area (Å²) in [6.45, 7) is -0.268. The van der Waals surface area contributed by atoms with Crippen LogP contribution in [0.1, 0.15) is 18.4 Å². The number of carbonyl (C=O) groups is 2. The number of benzene rings is 1. The van der Waals surface area contributed by atoms with Gasteiger partial charge in [-0.05, 0) is 23.4 Å². The zero-order chi connectivity index (χ0) is 23.7. The van der Waals surface area contributed by atoms with Crippen LogP contribution in [0.3, 0.4) is 0 Å². The SMILES string of the molecule is NC(N)=NCCC[C@@H](C(=O)On1c(O)ccc1O)N(C(=O)OCc1ccccc1)[N+](=O)[O-]. The number of aromatic hydroxyl groups is 2. The molecule has 2 aromatic rings. The number of guanidine groups is 1. The van der Waals surface area contributed by atoms with E-state index in [0.717, 1.165) is 12.1 Å². The molecule has 6 N–H and O–H groups in total. The number of hydrogen-bond donors (Lipinski definition) is 4. The van der Waals surface area contributed by atoms with Crippen LogP contribution < -0.4 is 16.3 Å². The molecule has 0 aliphatic carbocycles. The summed E-state index contributed by atoms with van der Waals surface area (Å²) in [5.74, 6) is -2.83. The van der Waals surface area contributed by atoms with Crippen LogP contribution in [0.5, 0.6) is 11.8 Å². The van der Waals surface area contributed by atoms with Crippen molar-refractivity contribution >= 4 is 18.0 Å². The summed E-state index contributed by atoms with van der Waals surface area (Å²) in [6, 6.07) is 8.66. The molecule has 0 radical (unpaired) electrons. The first-order valence-electron chi connectivity index (χ1n) is 9.22. The van der Waals surface area contributed by atoms with Gasteiger partial charge in [-0.15, -0.1) is 4.73 Å². The van der Waals surface area contributed by atoms with Crippen LogP contribution in [-0.4, -0.2) is 55.6 Å². The van der Waals surface area contributed by atoms with E-state index in [1.807, 2.05) is 0 Å². The summed E-state index contributed by atoms with van der Waals surface area (Å²) in [5.41, 5.74) is 11.0. The Bertz CT molecular complexity index is 954. The summed E-state index contributed by atoms with van der Waals surface area (Å²) >= 11 is 0. The van der Waals surface area contributed by atoms with Crippen molar-refractivity contribution in [3.63, 3.8) is 0 Å². The van der Waals surface area contributed by atoms with Gasteiger partial charge in [0, 0.05) is 18.7 Å². The van der Waals surface area contributed by atoms with E-state index >= 15 is 0 Å². The monoisotopic (exact) mass is 450 g/mol. The highest BCUT2D eigenvalue weighted by Gasteiger charge is 2.42. The number of amides is 1. The van der Waals surface area contributed by atoms with Crippen LogP contribution in [0.25, 0.3) is 0 Å². The molecule has 0 aliphatic heterocycles. The zero-order valence-electron chi connectivity index (χ0n) is 16.7. The third-order valence-electron chi connectivity index (χ3n) is 4.04. The predicted molar refractivity (Wildman–Crippen MR) is 109 cm³/mol. The molecule has 0 saturated heterocycles. The second-order valence-corrected chi connectivity index (χ2v) is 6.34. The quantitative estimate of drug-likeness (QED) is 0.126. The first kappa shape index (κ1) is 23.8. The van der Waals surface area contributed by atoms with Crippen molar-refractivity contribution < 1.29 is 34.4 Å². The highest BCUT2D eigenvalue weighted by atomic mass is 16.7. The molecule has 172 valence electrons. The van der Waals surface area contributed by atoms with Gasteiger partial charge >= 0.3 is 12.1 Å². The number of nitro groups is 1. The smallest absolute Gasteiger partial charge is 0.469 e. The Morgan fingerprint density at radius 3 is 2.34 bits per heavy atom. The fourth-order valence-electron chi connectivity index (χ4n) is 2.57. The first-order valence-corrected chi connectivity index (χ1v) is 9.22. The molecule has 0 aliphatic rings. The lowest BCUT2D eigenvalue weighted by Crippen LogP contribution is -2.51. The summed E-state index contributed by atoms with van der Waals surface area (Å²) in [7, 11) is 0. The van der Waals surface area contributed by atoms with Crippen LogP contribution in [-0.2, 0) is 16.1 Å². The second kappa shape index (κ2) is 11.1. The fourth-order valence-corrected chi connectivity index (χ4v) is 2.57. The lowest BCUT2D eigenvalue weighted by atomic mass is 10.1. The molecule has 32 heavy (non-hydrogen) atoms. The van der Waals surface area contributed by atoms with Crippen LogP contribution in [0, 0.1) is 10.1 Å². The molecule has 1 atom stereocenters. The van der Waals surface area contributed by atoms with E-state index in [2.05, 4.69) is 4.99 Å². The minimum Gasteiger partial charge on any atom is -0.492 e. The van der Waals surface area contributed by atoms with Gasteiger partial charge in [-0.2, -0.15) is 0 Å². The van der Waals surface area contributed by atoms with Crippen LogP contribution in [0.2, 0.25) is 0 Å². The number of nitrogens with zero attached hydrogens (tertiary/aromatic N) is 4. The highest BCUT2D eigenvalue weighted by Crippen LogP contribution is 2.20. The molecule has 0 spiro atoms. The van der Waals surface area contributed by atoms with Gasteiger partial charge in [0.1, 0.15) is 6.61 Å². The van der Waals surface area contributed by atoms with E-state index in [1.165, 1.54) is 0 Å². The third-order valence-corrected chi connectivity index (χ3v) is 4.04. The molecule has 0 fully saturated rings. The maximum absolute atomic E-state index is 12.7. The number of hydrazine groups is 1. The van der Waals surface area contributed by atoms with Crippen molar-refractivity contribution in [1.82, 2.24) is 9.74 Å². The molecule has 14 heteroatoms. The van der Waals surface area contributed by atoms with E-state index in [-0.39, 0.29) is 37.0 Å². The van der Waals surface area contributed by atoms with Gasteiger partial charge in [-0.3, -0.25) is 4.99 Å². The Morgan fingerprint density at radius 2 is 1.78 bits per heavy atom. The van der Waals surface area contributed by atoms with Gasteiger partial charge in [0.25, 0.3) is 0 Å². The maximum Gasteiger partial charge on any atom is 0.469 e. The topological polar surface area (TPSA) is 209 Å². The Morgan fingerprint density at radius 1 is 1.16 bits per heavy atom. The molecule has 1 amide bonds. The van der Waals surface area contributed by atoms with Gasteiger partial charge in [0.2, 0.25) is 17.8 Å². The molecule has 0 bridgehead atoms. The second-order valence-electron chi connectivity index (χ2n) is 6.34. The summed E-state index contributed by atoms with van der Waals surface area (Å²) in [5, 5.41) is 29.8. The molecule has 0 unspecified atom stereocenters. The van der Waals surface area contributed by atoms with Crippen molar-refractivity contribution in [2.24, 2.45) is 16.5 Å². The lowest BCUT2D eigenvalue weighted by Gasteiger charge is -2.21. The molecular formula is C18H22N6O8. The van der Waals surface area contributed by atoms with E-state index in [9.17, 15) is 29.9 Å². The molecule has 1 aromatic carbocycles. The Kier molecular flexibility index (Phi) is 8.21. The molecule has 2 rings (SSSR count). The predicted octanol–water partition coefficient (Wildman–Crippen LogP) is 0.107. The minimum atomic E-state index is -1.79. The van der Waals surface area contributed by atoms with Crippen LogP contribution >= 0.6 is 0 Å². The van der Waals surface area contributed by atoms with Crippen molar-refractivity contribution in [2.75, 3.05) is 6.54 Å². The van der Waals surface area contributed by atoms with E-state index in [4.69, 9.17) is 21.0 Å². The molecular weight excluding hydrogens is 428 g/mol. The average molecular weight is 450 g/mol. The lowest BCUT2D eigenvalue weighted by molar-refractivity contribution is -0.641. The highest BCUT2D eigenvalue weighted by molar-refractivity contribution is 5.81. The van der Waals surface area contributed by atoms with E-state index in [1.54, 1.807) is 30.3 Å². The molecule has 1 aromatic heterocycles. The van der Waals surface area contributed by atoms with Gasteiger partial charge < -0.3 is 31.3 Å². The van der Waals surface area contributed by atoms with Crippen molar-refractivity contribution in [1.29, 1.82) is 0 Å². The Balaban J connectivity index is 2.21. The van der Waals surface area contributed by atoms with Gasteiger partial charge in [0.15, 0.2) is 11.0 Å². The number of aliphatic imine (C=N–C) groups is 1. The zero-order valence-corrected chi connectivity index (χ0v) is 16.7.